The van der Waals surface area contributed by atoms with Crippen molar-refractivity contribution >= 4 is 17.4 Å². The highest BCUT2D eigenvalue weighted by atomic mass is 35.5. The minimum Gasteiger partial charge on any atom is -0.497 e. The molecule has 0 amide bonds. The van der Waals surface area contributed by atoms with Gasteiger partial charge in [-0.15, -0.1) is 0 Å². The first kappa shape index (κ1) is 15.0. The Morgan fingerprint density at radius 1 is 1.22 bits per heavy atom. The molecule has 0 saturated heterocycles. The molecule has 1 aromatic rings. The second-order valence-corrected chi connectivity index (χ2v) is 4.84. The first-order valence-corrected chi connectivity index (χ1v) is 6.93. The van der Waals surface area contributed by atoms with Gasteiger partial charge in [-0.05, 0) is 24.6 Å². The number of benzene rings is 1. The molecule has 18 heavy (non-hydrogen) atoms. The average Bonchev–Trinajstić information content (AvgIpc) is 2.38. The van der Waals surface area contributed by atoms with Crippen molar-refractivity contribution in [2.24, 2.45) is 0 Å². The molecule has 0 fully saturated rings. The number of ketones is 1. The second kappa shape index (κ2) is 8.15. The molecule has 0 saturated carbocycles. The summed E-state index contributed by atoms with van der Waals surface area (Å²) >= 11 is 6.06. The summed E-state index contributed by atoms with van der Waals surface area (Å²) in [5.41, 5.74) is 0.605. The van der Waals surface area contributed by atoms with E-state index in [1.807, 2.05) is 0 Å². The predicted octanol–water partition coefficient (Wildman–Crippen LogP) is 4.89. The van der Waals surface area contributed by atoms with Crippen LogP contribution in [-0.2, 0) is 0 Å². The van der Waals surface area contributed by atoms with E-state index >= 15 is 0 Å². The summed E-state index contributed by atoms with van der Waals surface area (Å²) in [4.78, 5) is 12.0. The summed E-state index contributed by atoms with van der Waals surface area (Å²) in [6.45, 7) is 2.18. The smallest absolute Gasteiger partial charge is 0.164 e. The van der Waals surface area contributed by atoms with Gasteiger partial charge < -0.3 is 4.74 Å². The molecule has 0 aromatic heterocycles. The Kier molecular flexibility index (Phi) is 6.81. The fourth-order valence-electron chi connectivity index (χ4n) is 1.87. The topological polar surface area (TPSA) is 26.3 Å². The van der Waals surface area contributed by atoms with Crippen LogP contribution in [0.4, 0.5) is 0 Å². The third-order valence-electron chi connectivity index (χ3n) is 2.98. The fraction of sp³-hybridized carbons (Fsp3) is 0.533. The predicted molar refractivity (Wildman–Crippen MR) is 75.7 cm³/mol. The van der Waals surface area contributed by atoms with Gasteiger partial charge in [-0.1, -0.05) is 44.2 Å². The SMILES string of the molecule is CCCCCCCC(=O)c1ccc(OC)cc1Cl. The molecule has 0 bridgehead atoms. The molecule has 0 heterocycles. The number of hydrogen-bond acceptors (Lipinski definition) is 2. The Hall–Kier alpha value is -1.02. The number of Topliss-reactive ketones (excluding diaryl/α,β-unsaturated/α-hetero) is 1. The number of hydrogen-bond donors (Lipinski definition) is 0. The summed E-state index contributed by atoms with van der Waals surface area (Å²) in [7, 11) is 1.58. The van der Waals surface area contributed by atoms with E-state index in [1.165, 1.54) is 19.3 Å². The van der Waals surface area contributed by atoms with Crippen LogP contribution in [0.5, 0.6) is 5.75 Å². The van der Waals surface area contributed by atoms with Crippen molar-refractivity contribution in [1.82, 2.24) is 0 Å². The minimum absolute atomic E-state index is 0.124. The number of halogens is 1. The van der Waals surface area contributed by atoms with Crippen molar-refractivity contribution in [2.75, 3.05) is 7.11 Å². The third-order valence-corrected chi connectivity index (χ3v) is 3.30. The third kappa shape index (κ3) is 4.69. The van der Waals surface area contributed by atoms with E-state index in [0.717, 1.165) is 12.8 Å². The van der Waals surface area contributed by atoms with E-state index in [1.54, 1.807) is 25.3 Å². The Morgan fingerprint density at radius 3 is 2.56 bits per heavy atom. The van der Waals surface area contributed by atoms with Crippen LogP contribution in [-0.4, -0.2) is 12.9 Å². The molecular formula is C15H21ClO2. The van der Waals surface area contributed by atoms with Gasteiger partial charge in [0.15, 0.2) is 5.78 Å². The van der Waals surface area contributed by atoms with Gasteiger partial charge in [0, 0.05) is 12.0 Å². The van der Waals surface area contributed by atoms with Gasteiger partial charge in [0.25, 0.3) is 0 Å². The zero-order valence-corrected chi connectivity index (χ0v) is 11.9. The van der Waals surface area contributed by atoms with E-state index in [-0.39, 0.29) is 5.78 Å². The van der Waals surface area contributed by atoms with Crippen molar-refractivity contribution < 1.29 is 9.53 Å². The van der Waals surface area contributed by atoms with Gasteiger partial charge in [-0.2, -0.15) is 0 Å². The van der Waals surface area contributed by atoms with Crippen LogP contribution in [0.15, 0.2) is 18.2 Å². The number of methoxy groups -OCH3 is 1. The van der Waals surface area contributed by atoms with Crippen molar-refractivity contribution in [2.45, 2.75) is 45.4 Å². The molecule has 0 unspecified atom stereocenters. The molecule has 0 radical (unpaired) electrons. The summed E-state index contributed by atoms with van der Waals surface area (Å²) in [6.07, 6.45) is 6.32. The lowest BCUT2D eigenvalue weighted by Crippen LogP contribution is -2.00. The maximum absolute atomic E-state index is 12.0. The Morgan fingerprint density at radius 2 is 1.94 bits per heavy atom. The van der Waals surface area contributed by atoms with Crippen LogP contribution >= 0.6 is 11.6 Å². The number of ether oxygens (including phenoxy) is 1. The molecule has 0 N–H and O–H groups in total. The van der Waals surface area contributed by atoms with Crippen molar-refractivity contribution in [3.8, 4) is 5.75 Å². The Bertz CT molecular complexity index is 388. The van der Waals surface area contributed by atoms with Crippen LogP contribution < -0.4 is 4.74 Å². The van der Waals surface area contributed by atoms with Gasteiger partial charge in [-0.25, -0.2) is 0 Å². The van der Waals surface area contributed by atoms with E-state index in [0.29, 0.717) is 22.8 Å². The molecule has 0 aliphatic rings. The van der Waals surface area contributed by atoms with Crippen molar-refractivity contribution in [3.05, 3.63) is 28.8 Å². The molecule has 100 valence electrons. The number of carbonyl (C=O) groups is 1. The normalized spacial score (nSPS) is 10.4. The summed E-state index contributed by atoms with van der Waals surface area (Å²) < 4.78 is 5.06. The van der Waals surface area contributed by atoms with E-state index in [4.69, 9.17) is 16.3 Å². The van der Waals surface area contributed by atoms with Crippen LogP contribution in [0.1, 0.15) is 55.8 Å². The standard InChI is InChI=1S/C15H21ClO2/c1-3-4-5-6-7-8-15(17)13-10-9-12(18-2)11-14(13)16/h9-11H,3-8H2,1-2H3. The monoisotopic (exact) mass is 268 g/mol. The van der Waals surface area contributed by atoms with E-state index in [9.17, 15) is 4.79 Å². The average molecular weight is 269 g/mol. The van der Waals surface area contributed by atoms with Crippen molar-refractivity contribution in [3.63, 3.8) is 0 Å². The van der Waals surface area contributed by atoms with Crippen LogP contribution in [0.3, 0.4) is 0 Å². The zero-order valence-electron chi connectivity index (χ0n) is 11.2. The van der Waals surface area contributed by atoms with Gasteiger partial charge in [0.1, 0.15) is 5.75 Å². The van der Waals surface area contributed by atoms with Crippen LogP contribution in [0, 0.1) is 0 Å². The van der Waals surface area contributed by atoms with Crippen molar-refractivity contribution in [1.29, 1.82) is 0 Å². The lowest BCUT2D eigenvalue weighted by molar-refractivity contribution is 0.0979. The van der Waals surface area contributed by atoms with E-state index < -0.39 is 0 Å². The van der Waals surface area contributed by atoms with E-state index in [2.05, 4.69) is 6.92 Å². The van der Waals surface area contributed by atoms with Crippen LogP contribution in [0.25, 0.3) is 0 Å². The summed E-state index contributed by atoms with van der Waals surface area (Å²) in [6, 6.07) is 5.21. The first-order valence-electron chi connectivity index (χ1n) is 6.55. The second-order valence-electron chi connectivity index (χ2n) is 4.43. The molecule has 1 aromatic carbocycles. The van der Waals surface area contributed by atoms with Crippen LogP contribution in [0.2, 0.25) is 5.02 Å². The highest BCUT2D eigenvalue weighted by Crippen LogP contribution is 2.24. The largest absolute Gasteiger partial charge is 0.497 e. The fourth-order valence-corrected chi connectivity index (χ4v) is 2.15. The summed E-state index contributed by atoms with van der Waals surface area (Å²) in [5.74, 6) is 0.804. The van der Waals surface area contributed by atoms with Gasteiger partial charge in [0.05, 0.1) is 12.1 Å². The Labute approximate surface area is 114 Å². The highest BCUT2D eigenvalue weighted by molar-refractivity contribution is 6.34. The Balaban J connectivity index is 2.46. The molecular weight excluding hydrogens is 248 g/mol. The molecule has 3 heteroatoms. The number of rotatable bonds is 8. The highest BCUT2D eigenvalue weighted by Gasteiger charge is 2.10. The molecule has 0 atom stereocenters. The number of unbranched alkanes of at least 4 members (excludes halogenated alkanes) is 4. The minimum atomic E-state index is 0.124. The lowest BCUT2D eigenvalue weighted by atomic mass is 10.0. The molecule has 0 aliphatic carbocycles. The maximum atomic E-state index is 12.0. The molecule has 0 spiro atoms. The number of carbonyl (C=O) groups excluding carboxylic acids is 1. The molecule has 2 nitrogen and oxygen atoms in total. The zero-order chi connectivity index (χ0) is 13.4. The lowest BCUT2D eigenvalue weighted by Gasteiger charge is -2.06. The molecule has 1 rings (SSSR count). The maximum Gasteiger partial charge on any atom is 0.164 e. The first-order chi connectivity index (χ1) is 8.69. The molecule has 0 aliphatic heterocycles. The summed E-state index contributed by atoms with van der Waals surface area (Å²) in [5, 5.41) is 0.480. The quantitative estimate of drug-likeness (QED) is 0.495. The van der Waals surface area contributed by atoms with Gasteiger partial charge in [-0.3, -0.25) is 4.79 Å². The van der Waals surface area contributed by atoms with Gasteiger partial charge >= 0.3 is 0 Å². The van der Waals surface area contributed by atoms with Gasteiger partial charge in [0.2, 0.25) is 0 Å².